The molecule has 0 N–H and O–H groups in total. The predicted molar refractivity (Wildman–Crippen MR) is 148 cm³/mol. The average Bonchev–Trinajstić information content (AvgIpc) is 3.35. The van der Waals surface area contributed by atoms with Crippen LogP contribution in [0.3, 0.4) is 0 Å². The minimum Gasteiger partial charge on any atom is -0.493 e. The fraction of sp³-hybridized carbons (Fsp3) is 0.379. The highest BCUT2D eigenvalue weighted by Gasteiger charge is 2.23. The first kappa shape index (κ1) is 29.0. The average molecular weight is 541 g/mol. The van der Waals surface area contributed by atoms with E-state index in [1.165, 1.54) is 4.90 Å². The van der Waals surface area contributed by atoms with Gasteiger partial charge in [-0.3, -0.25) is 9.59 Å². The third-order valence-corrected chi connectivity index (χ3v) is 7.13. The van der Waals surface area contributed by atoms with E-state index >= 15 is 0 Å². The lowest BCUT2D eigenvalue weighted by Crippen LogP contribution is -2.46. The van der Waals surface area contributed by atoms with Crippen LogP contribution in [-0.2, 0) is 27.3 Å². The number of amides is 2. The van der Waals surface area contributed by atoms with Crippen LogP contribution in [0.1, 0.15) is 16.0 Å². The molecule has 0 unspecified atom stereocenters. The Balaban J connectivity index is 1.72. The van der Waals surface area contributed by atoms with Crippen molar-refractivity contribution in [3.8, 4) is 17.2 Å². The number of ether oxygens (including phenoxy) is 4. The number of thiophene rings is 1. The van der Waals surface area contributed by atoms with Gasteiger partial charge in [-0.2, -0.15) is 0 Å². The van der Waals surface area contributed by atoms with E-state index in [1.54, 1.807) is 49.7 Å². The molecule has 9 heteroatoms. The molecule has 204 valence electrons. The van der Waals surface area contributed by atoms with Crippen molar-refractivity contribution in [2.24, 2.45) is 0 Å². The summed E-state index contributed by atoms with van der Waals surface area (Å²) < 4.78 is 21.6. The summed E-state index contributed by atoms with van der Waals surface area (Å²) >= 11 is 1.62. The summed E-state index contributed by atoms with van der Waals surface area (Å²) in [5, 5.41) is 2.02. The van der Waals surface area contributed by atoms with E-state index < -0.39 is 0 Å². The Morgan fingerprint density at radius 2 is 1.63 bits per heavy atom. The molecule has 8 nitrogen and oxygen atoms in total. The van der Waals surface area contributed by atoms with Gasteiger partial charge in [-0.1, -0.05) is 24.3 Å². The maximum atomic E-state index is 13.6. The Morgan fingerprint density at radius 3 is 2.29 bits per heavy atom. The van der Waals surface area contributed by atoms with Crippen molar-refractivity contribution >= 4 is 23.2 Å². The van der Waals surface area contributed by atoms with Crippen LogP contribution in [0.4, 0.5) is 0 Å². The van der Waals surface area contributed by atoms with E-state index in [-0.39, 0.29) is 25.0 Å². The summed E-state index contributed by atoms with van der Waals surface area (Å²) in [6, 6.07) is 16.9. The molecule has 2 amide bonds. The first-order valence-corrected chi connectivity index (χ1v) is 13.3. The van der Waals surface area contributed by atoms with E-state index in [0.717, 1.165) is 16.0 Å². The van der Waals surface area contributed by atoms with E-state index in [0.29, 0.717) is 49.9 Å². The van der Waals surface area contributed by atoms with Gasteiger partial charge in [0.05, 0.1) is 33.9 Å². The van der Waals surface area contributed by atoms with Gasteiger partial charge in [0.2, 0.25) is 5.91 Å². The van der Waals surface area contributed by atoms with Gasteiger partial charge in [-0.05, 0) is 60.2 Å². The first-order valence-electron chi connectivity index (χ1n) is 12.4. The lowest BCUT2D eigenvalue weighted by molar-refractivity contribution is -0.142. The summed E-state index contributed by atoms with van der Waals surface area (Å²) in [6.07, 6.45) is 0.625. The van der Waals surface area contributed by atoms with Gasteiger partial charge >= 0.3 is 0 Å². The van der Waals surface area contributed by atoms with E-state index in [4.69, 9.17) is 18.9 Å². The molecule has 0 atom stereocenters. The maximum Gasteiger partial charge on any atom is 0.261 e. The maximum absolute atomic E-state index is 13.6. The molecule has 0 saturated carbocycles. The number of para-hydroxylation sites is 1. The third-order valence-electron chi connectivity index (χ3n) is 6.12. The van der Waals surface area contributed by atoms with Crippen LogP contribution < -0.4 is 14.2 Å². The SMILES string of the molecule is COCCN(CC(=O)N(CCc1ccc(OC)c(OC)c1)Cc1sccc1C)C(=O)COc1ccccc1. The van der Waals surface area contributed by atoms with Crippen molar-refractivity contribution in [3.63, 3.8) is 0 Å². The Labute approximate surface area is 228 Å². The Hall–Kier alpha value is -3.56. The molecule has 3 aromatic rings. The summed E-state index contributed by atoms with van der Waals surface area (Å²) in [5.74, 6) is 1.49. The smallest absolute Gasteiger partial charge is 0.261 e. The largest absolute Gasteiger partial charge is 0.493 e. The van der Waals surface area contributed by atoms with Crippen molar-refractivity contribution in [1.29, 1.82) is 0 Å². The molecule has 1 aromatic heterocycles. The van der Waals surface area contributed by atoms with Gasteiger partial charge in [0.15, 0.2) is 18.1 Å². The Morgan fingerprint density at radius 1 is 0.868 bits per heavy atom. The van der Waals surface area contributed by atoms with Crippen LogP contribution in [0.2, 0.25) is 0 Å². The molecule has 38 heavy (non-hydrogen) atoms. The summed E-state index contributed by atoms with van der Waals surface area (Å²) in [6.45, 7) is 3.40. The van der Waals surface area contributed by atoms with Gasteiger partial charge in [0.1, 0.15) is 5.75 Å². The molecule has 3 rings (SSSR count). The van der Waals surface area contributed by atoms with Crippen molar-refractivity contribution in [2.45, 2.75) is 19.9 Å². The van der Waals surface area contributed by atoms with Gasteiger partial charge in [-0.15, -0.1) is 11.3 Å². The lowest BCUT2D eigenvalue weighted by atomic mass is 10.1. The Kier molecular flexibility index (Phi) is 11.4. The molecular formula is C29H36N2O6S. The van der Waals surface area contributed by atoms with Gasteiger partial charge < -0.3 is 28.7 Å². The highest BCUT2D eigenvalue weighted by Crippen LogP contribution is 2.28. The van der Waals surface area contributed by atoms with Crippen molar-refractivity contribution in [3.05, 3.63) is 76.0 Å². The molecule has 0 fully saturated rings. The number of aryl methyl sites for hydroxylation is 1. The second-order valence-electron chi connectivity index (χ2n) is 8.69. The van der Waals surface area contributed by atoms with E-state index in [2.05, 4.69) is 0 Å². The molecule has 0 saturated heterocycles. The highest BCUT2D eigenvalue weighted by atomic mass is 32.1. The molecule has 0 spiro atoms. The van der Waals surface area contributed by atoms with Gasteiger partial charge in [0.25, 0.3) is 5.91 Å². The number of methoxy groups -OCH3 is 3. The standard InChI is InChI=1S/C29H36N2O6S/c1-22-13-17-38-27(22)19-30(14-12-23-10-11-25(35-3)26(18-23)36-4)28(32)20-31(15-16-34-2)29(33)21-37-24-8-6-5-7-9-24/h5-11,13,17-18H,12,14-16,19-21H2,1-4H3. The van der Waals surface area contributed by atoms with Gasteiger partial charge in [0, 0.05) is 25.1 Å². The minimum atomic E-state index is -0.272. The second kappa shape index (κ2) is 15.0. The minimum absolute atomic E-state index is 0.0588. The molecule has 0 radical (unpaired) electrons. The molecule has 2 aromatic carbocycles. The van der Waals surface area contributed by atoms with Gasteiger partial charge in [-0.25, -0.2) is 0 Å². The highest BCUT2D eigenvalue weighted by molar-refractivity contribution is 7.10. The zero-order valence-electron chi connectivity index (χ0n) is 22.5. The van der Waals surface area contributed by atoms with E-state index in [9.17, 15) is 9.59 Å². The van der Waals surface area contributed by atoms with Crippen molar-refractivity contribution in [1.82, 2.24) is 9.80 Å². The Bertz CT molecular complexity index is 1170. The molecule has 1 heterocycles. The molecule has 0 aliphatic carbocycles. The van der Waals surface area contributed by atoms with Crippen LogP contribution in [-0.4, -0.2) is 75.8 Å². The number of carbonyl (C=O) groups is 2. The second-order valence-corrected chi connectivity index (χ2v) is 9.69. The normalized spacial score (nSPS) is 10.6. The lowest BCUT2D eigenvalue weighted by Gasteiger charge is -2.28. The van der Waals surface area contributed by atoms with E-state index in [1.807, 2.05) is 54.8 Å². The molecule has 0 aliphatic heterocycles. The first-order chi connectivity index (χ1) is 18.4. The quantitative estimate of drug-likeness (QED) is 0.288. The summed E-state index contributed by atoms with van der Waals surface area (Å²) in [7, 11) is 4.77. The topological polar surface area (TPSA) is 77.5 Å². The van der Waals surface area contributed by atoms with Crippen molar-refractivity contribution in [2.75, 3.05) is 54.2 Å². The zero-order valence-corrected chi connectivity index (χ0v) is 23.3. The van der Waals surface area contributed by atoms with Crippen LogP contribution in [0, 0.1) is 6.92 Å². The monoisotopic (exact) mass is 540 g/mol. The zero-order chi connectivity index (χ0) is 27.3. The number of hydrogen-bond donors (Lipinski definition) is 0. The van der Waals surface area contributed by atoms with Crippen LogP contribution in [0.15, 0.2) is 60.0 Å². The molecular weight excluding hydrogens is 504 g/mol. The third kappa shape index (κ3) is 8.49. The van der Waals surface area contributed by atoms with Crippen LogP contribution in [0.5, 0.6) is 17.2 Å². The molecule has 0 aliphatic rings. The number of nitrogens with zero attached hydrogens (tertiary/aromatic N) is 2. The number of benzene rings is 2. The van der Waals surface area contributed by atoms with Crippen LogP contribution >= 0.6 is 11.3 Å². The summed E-state index contributed by atoms with van der Waals surface area (Å²) in [4.78, 5) is 31.0. The fourth-order valence-corrected chi connectivity index (χ4v) is 4.76. The number of hydrogen-bond acceptors (Lipinski definition) is 7. The summed E-state index contributed by atoms with van der Waals surface area (Å²) in [5.41, 5.74) is 2.16. The van der Waals surface area contributed by atoms with Crippen molar-refractivity contribution < 1.29 is 28.5 Å². The molecule has 0 bridgehead atoms. The number of carbonyl (C=O) groups excluding carboxylic acids is 2. The fourth-order valence-electron chi connectivity index (χ4n) is 3.84. The number of rotatable bonds is 15. The predicted octanol–water partition coefficient (Wildman–Crippen LogP) is 4.20. The van der Waals surface area contributed by atoms with Crippen LogP contribution in [0.25, 0.3) is 0 Å².